The Labute approximate surface area is 170 Å². The zero-order chi connectivity index (χ0) is 20.6. The maximum absolute atomic E-state index is 12.4. The average molecular weight is 398 g/mol. The fourth-order valence-corrected chi connectivity index (χ4v) is 3.11. The molecular weight excluding hydrogens is 372 g/mol. The third-order valence-corrected chi connectivity index (χ3v) is 4.85. The predicted molar refractivity (Wildman–Crippen MR) is 108 cm³/mol. The molecule has 0 bridgehead atoms. The Bertz CT molecular complexity index is 829. The monoisotopic (exact) mass is 398 g/mol. The van der Waals surface area contributed by atoms with Crippen LogP contribution in [0, 0.1) is 6.92 Å². The number of aryl methyl sites for hydroxylation is 1. The molecular formula is C22H26N2O5. The maximum Gasteiger partial charge on any atom is 0.260 e. The first kappa shape index (κ1) is 20.5. The van der Waals surface area contributed by atoms with Gasteiger partial charge in [-0.2, -0.15) is 0 Å². The largest absolute Gasteiger partial charge is 0.508 e. The van der Waals surface area contributed by atoms with E-state index in [1.165, 1.54) is 12.1 Å². The molecule has 1 N–H and O–H groups in total. The van der Waals surface area contributed by atoms with Gasteiger partial charge in [-0.25, -0.2) is 0 Å². The molecule has 29 heavy (non-hydrogen) atoms. The van der Waals surface area contributed by atoms with E-state index < -0.39 is 0 Å². The number of hydrogen-bond donors (Lipinski definition) is 1. The van der Waals surface area contributed by atoms with Gasteiger partial charge >= 0.3 is 0 Å². The third-order valence-electron chi connectivity index (χ3n) is 4.85. The molecule has 7 nitrogen and oxygen atoms in total. The van der Waals surface area contributed by atoms with E-state index in [4.69, 9.17) is 9.47 Å². The van der Waals surface area contributed by atoms with Crippen molar-refractivity contribution in [2.45, 2.75) is 13.3 Å². The highest BCUT2D eigenvalue weighted by Crippen LogP contribution is 2.17. The predicted octanol–water partition coefficient (Wildman–Crippen LogP) is 2.22. The molecule has 2 aromatic rings. The summed E-state index contributed by atoms with van der Waals surface area (Å²) in [5, 5.41) is 9.25. The summed E-state index contributed by atoms with van der Waals surface area (Å²) in [7, 11) is 0. The molecule has 3 rings (SSSR count). The standard InChI is InChI=1S/C22H26N2O5/c1-17-4-2-3-5-20(17)29-16-22(27)24-13-11-23(12-14-24)21(26)10-15-28-19-8-6-18(25)7-9-19/h2-9,25H,10-16H2,1H3. The van der Waals surface area contributed by atoms with Crippen LogP contribution in [0.5, 0.6) is 17.2 Å². The molecule has 0 saturated carbocycles. The molecule has 1 aliphatic rings. The lowest BCUT2D eigenvalue weighted by Gasteiger charge is -2.34. The first-order valence-corrected chi connectivity index (χ1v) is 9.69. The summed E-state index contributed by atoms with van der Waals surface area (Å²) in [6.45, 7) is 4.23. The van der Waals surface area contributed by atoms with E-state index in [2.05, 4.69) is 0 Å². The van der Waals surface area contributed by atoms with Crippen LogP contribution in [-0.2, 0) is 9.59 Å². The van der Waals surface area contributed by atoms with Gasteiger partial charge in [0.2, 0.25) is 5.91 Å². The van der Waals surface area contributed by atoms with Crippen LogP contribution < -0.4 is 9.47 Å². The summed E-state index contributed by atoms with van der Waals surface area (Å²) in [5.74, 6) is 1.43. The minimum atomic E-state index is -0.0731. The second-order valence-corrected chi connectivity index (χ2v) is 6.91. The van der Waals surface area contributed by atoms with E-state index in [9.17, 15) is 14.7 Å². The highest BCUT2D eigenvalue weighted by molar-refractivity contribution is 5.79. The van der Waals surface area contributed by atoms with Crippen molar-refractivity contribution in [2.75, 3.05) is 39.4 Å². The summed E-state index contributed by atoms with van der Waals surface area (Å²) < 4.78 is 11.2. The number of amides is 2. The van der Waals surface area contributed by atoms with E-state index in [0.29, 0.717) is 37.7 Å². The first-order valence-electron chi connectivity index (χ1n) is 9.69. The van der Waals surface area contributed by atoms with Gasteiger partial charge < -0.3 is 24.4 Å². The normalized spacial score (nSPS) is 13.8. The van der Waals surface area contributed by atoms with Gasteiger partial charge in [0.15, 0.2) is 6.61 Å². The summed E-state index contributed by atoms with van der Waals surface area (Å²) in [6.07, 6.45) is 0.269. The molecule has 0 atom stereocenters. The maximum atomic E-state index is 12.4. The van der Waals surface area contributed by atoms with Crippen molar-refractivity contribution in [3.63, 3.8) is 0 Å². The van der Waals surface area contributed by atoms with Crippen molar-refractivity contribution in [1.82, 2.24) is 9.80 Å². The molecule has 1 fully saturated rings. The van der Waals surface area contributed by atoms with Gasteiger partial charge in [0.05, 0.1) is 13.0 Å². The highest BCUT2D eigenvalue weighted by Gasteiger charge is 2.24. The molecule has 0 unspecified atom stereocenters. The number of carbonyl (C=O) groups is 2. The van der Waals surface area contributed by atoms with Crippen LogP contribution in [0.25, 0.3) is 0 Å². The average Bonchev–Trinajstić information content (AvgIpc) is 2.74. The number of benzene rings is 2. The zero-order valence-electron chi connectivity index (χ0n) is 16.5. The van der Waals surface area contributed by atoms with E-state index in [1.54, 1.807) is 21.9 Å². The van der Waals surface area contributed by atoms with Crippen LogP contribution in [-0.4, -0.2) is 66.1 Å². The minimum Gasteiger partial charge on any atom is -0.508 e. The lowest BCUT2D eigenvalue weighted by atomic mass is 10.2. The highest BCUT2D eigenvalue weighted by atomic mass is 16.5. The summed E-state index contributed by atoms with van der Waals surface area (Å²) >= 11 is 0. The molecule has 0 aromatic heterocycles. The number of para-hydroxylation sites is 1. The van der Waals surface area contributed by atoms with Crippen LogP contribution in [0.3, 0.4) is 0 Å². The lowest BCUT2D eigenvalue weighted by molar-refractivity contribution is -0.141. The van der Waals surface area contributed by atoms with Gasteiger partial charge in [-0.3, -0.25) is 9.59 Å². The Kier molecular flexibility index (Phi) is 6.94. The van der Waals surface area contributed by atoms with Crippen molar-refractivity contribution in [1.29, 1.82) is 0 Å². The summed E-state index contributed by atoms with van der Waals surface area (Å²) in [6, 6.07) is 14.0. The Morgan fingerprint density at radius 2 is 1.52 bits per heavy atom. The number of hydrogen-bond acceptors (Lipinski definition) is 5. The second-order valence-electron chi connectivity index (χ2n) is 6.91. The van der Waals surface area contributed by atoms with Gasteiger partial charge in [0, 0.05) is 26.2 Å². The number of nitrogens with zero attached hydrogens (tertiary/aromatic N) is 2. The molecule has 1 saturated heterocycles. The topological polar surface area (TPSA) is 79.3 Å². The van der Waals surface area contributed by atoms with Crippen molar-refractivity contribution < 1.29 is 24.2 Å². The number of ether oxygens (including phenoxy) is 2. The summed E-state index contributed by atoms with van der Waals surface area (Å²) in [4.78, 5) is 28.2. The number of aromatic hydroxyl groups is 1. The molecule has 0 aliphatic carbocycles. The van der Waals surface area contributed by atoms with Crippen molar-refractivity contribution >= 4 is 11.8 Å². The number of carbonyl (C=O) groups excluding carboxylic acids is 2. The van der Waals surface area contributed by atoms with Crippen LogP contribution in [0.1, 0.15) is 12.0 Å². The van der Waals surface area contributed by atoms with Crippen molar-refractivity contribution in [3.05, 3.63) is 54.1 Å². The fraction of sp³-hybridized carbons (Fsp3) is 0.364. The van der Waals surface area contributed by atoms with Crippen LogP contribution in [0.2, 0.25) is 0 Å². The first-order chi connectivity index (χ1) is 14.0. The fourth-order valence-electron chi connectivity index (χ4n) is 3.11. The smallest absolute Gasteiger partial charge is 0.260 e. The lowest BCUT2D eigenvalue weighted by Crippen LogP contribution is -2.51. The molecule has 0 radical (unpaired) electrons. The van der Waals surface area contributed by atoms with Gasteiger partial charge in [0.1, 0.15) is 17.2 Å². The number of rotatable bonds is 7. The minimum absolute atomic E-state index is 0.000725. The Morgan fingerprint density at radius 3 is 2.17 bits per heavy atom. The Morgan fingerprint density at radius 1 is 0.897 bits per heavy atom. The molecule has 2 aromatic carbocycles. The Hall–Kier alpha value is -3.22. The van der Waals surface area contributed by atoms with Crippen molar-refractivity contribution in [2.24, 2.45) is 0 Å². The third kappa shape index (κ3) is 5.88. The number of phenolic OH excluding ortho intramolecular Hbond substituents is 1. The SMILES string of the molecule is Cc1ccccc1OCC(=O)N1CCN(C(=O)CCOc2ccc(O)cc2)CC1. The van der Waals surface area contributed by atoms with Gasteiger partial charge in [-0.1, -0.05) is 18.2 Å². The second kappa shape index (κ2) is 9.82. The van der Waals surface area contributed by atoms with Crippen LogP contribution >= 0.6 is 0 Å². The van der Waals surface area contributed by atoms with E-state index in [1.807, 2.05) is 31.2 Å². The van der Waals surface area contributed by atoms with E-state index in [0.717, 1.165) is 5.56 Å². The summed E-state index contributed by atoms with van der Waals surface area (Å²) in [5.41, 5.74) is 0.991. The van der Waals surface area contributed by atoms with Gasteiger partial charge in [-0.05, 0) is 42.8 Å². The van der Waals surface area contributed by atoms with Crippen LogP contribution in [0.4, 0.5) is 0 Å². The number of phenols is 1. The zero-order valence-corrected chi connectivity index (χ0v) is 16.5. The molecule has 1 heterocycles. The Balaban J connectivity index is 1.36. The molecule has 1 aliphatic heterocycles. The molecule has 7 heteroatoms. The van der Waals surface area contributed by atoms with Crippen molar-refractivity contribution in [3.8, 4) is 17.2 Å². The number of piperazine rings is 1. The van der Waals surface area contributed by atoms with Gasteiger partial charge in [-0.15, -0.1) is 0 Å². The molecule has 2 amide bonds. The molecule has 0 spiro atoms. The van der Waals surface area contributed by atoms with E-state index in [-0.39, 0.29) is 37.2 Å². The molecule has 154 valence electrons. The van der Waals surface area contributed by atoms with E-state index >= 15 is 0 Å². The quantitative estimate of drug-likeness (QED) is 0.774. The van der Waals surface area contributed by atoms with Crippen LogP contribution in [0.15, 0.2) is 48.5 Å². The van der Waals surface area contributed by atoms with Gasteiger partial charge in [0.25, 0.3) is 5.91 Å².